The van der Waals surface area contributed by atoms with Crippen LogP contribution in [-0.2, 0) is 24.3 Å². The molecule has 1 aromatic carbocycles. The Morgan fingerprint density at radius 2 is 1.68 bits per heavy atom. The molecule has 0 radical (unpaired) electrons. The summed E-state index contributed by atoms with van der Waals surface area (Å²) in [6.45, 7) is 10.2. The third kappa shape index (κ3) is 9.41. The molecular weight excluding hydrogens is 704 g/mol. The monoisotopic (exact) mass is 760 g/mol. The van der Waals surface area contributed by atoms with Crippen molar-refractivity contribution in [2.75, 3.05) is 25.1 Å². The van der Waals surface area contributed by atoms with E-state index in [1.165, 1.54) is 12.5 Å². The number of alkyl halides is 1. The first kappa shape index (κ1) is 40.7. The number of furan rings is 1. The smallest absolute Gasteiger partial charge is 0.407 e. The number of fused-ring (bicyclic) bond motifs is 1. The van der Waals surface area contributed by atoms with Crippen LogP contribution in [0.15, 0.2) is 28.7 Å². The maximum Gasteiger partial charge on any atom is 0.407 e. The van der Waals surface area contributed by atoms with E-state index in [1.54, 1.807) is 64.6 Å². The summed E-state index contributed by atoms with van der Waals surface area (Å²) < 4.78 is 52.2. The van der Waals surface area contributed by atoms with Crippen molar-refractivity contribution in [3.05, 3.63) is 30.0 Å². The lowest BCUT2D eigenvalue weighted by Gasteiger charge is -2.37. The molecule has 2 saturated carbocycles. The molecule has 53 heavy (non-hydrogen) atoms. The van der Waals surface area contributed by atoms with Gasteiger partial charge in [0.05, 0.1) is 6.04 Å². The topological polar surface area (TPSA) is 155 Å². The molecule has 1 aliphatic heterocycles. The van der Waals surface area contributed by atoms with Gasteiger partial charge in [0.1, 0.15) is 23.9 Å². The van der Waals surface area contributed by atoms with Gasteiger partial charge in [-0.25, -0.2) is 17.6 Å². The van der Waals surface area contributed by atoms with Crippen molar-refractivity contribution in [1.29, 1.82) is 0 Å². The number of anilines is 1. The van der Waals surface area contributed by atoms with Gasteiger partial charge in [0.2, 0.25) is 11.8 Å². The Kier molecular flexibility index (Phi) is 12.9. The lowest BCUT2D eigenvalue weighted by atomic mass is 9.76. The van der Waals surface area contributed by atoms with E-state index < -0.39 is 51.6 Å². The fourth-order valence-corrected chi connectivity index (χ4v) is 10.1. The molecule has 294 valence electrons. The first-order valence-electron chi connectivity index (χ1n) is 19.3. The molecule has 3 atom stereocenters. The molecule has 1 saturated heterocycles. The SMILES string of the molecule is CCN(C(C)C)S(=O)(=O)C(=O)c1cc2cc(NC(=O)[C@@H]3[C@H](C4CCCCC4)CCN3C(=O)[C@H]3CC[C@H]([C@@H](CF)NC(=O)OC(C)(C)C)CC3)ccc2o1. The fourth-order valence-electron chi connectivity index (χ4n) is 8.68. The number of nitrogens with one attached hydrogen (secondary N) is 2. The van der Waals surface area contributed by atoms with Crippen LogP contribution in [0.5, 0.6) is 0 Å². The molecule has 5 rings (SSSR count). The molecule has 0 bridgehead atoms. The van der Waals surface area contributed by atoms with Crippen molar-refractivity contribution < 1.29 is 41.1 Å². The normalized spacial score (nSPS) is 23.7. The predicted octanol–water partition coefficient (Wildman–Crippen LogP) is 7.04. The molecule has 2 aliphatic carbocycles. The number of likely N-dealkylation sites (tertiary alicyclic amines) is 1. The number of nitrogens with zero attached hydrogens (tertiary/aromatic N) is 2. The minimum Gasteiger partial charge on any atom is -0.452 e. The largest absolute Gasteiger partial charge is 0.452 e. The number of rotatable bonds is 11. The van der Waals surface area contributed by atoms with E-state index in [9.17, 15) is 32.0 Å². The number of hydrogen-bond donors (Lipinski definition) is 2. The number of halogens is 1. The van der Waals surface area contributed by atoms with Gasteiger partial charge in [-0.3, -0.25) is 14.4 Å². The Morgan fingerprint density at radius 3 is 2.28 bits per heavy atom. The molecule has 3 amide bonds. The van der Waals surface area contributed by atoms with Crippen molar-refractivity contribution >= 4 is 49.7 Å². The van der Waals surface area contributed by atoms with Crippen LogP contribution in [0.1, 0.15) is 116 Å². The van der Waals surface area contributed by atoms with Crippen molar-refractivity contribution in [1.82, 2.24) is 14.5 Å². The summed E-state index contributed by atoms with van der Waals surface area (Å²) in [6.07, 6.45) is 7.70. The molecule has 0 unspecified atom stereocenters. The fraction of sp³-hybridized carbons (Fsp3) is 0.692. The molecular formula is C39H57FN4O8S. The third-order valence-electron chi connectivity index (χ3n) is 11.2. The standard InChI is InChI=1S/C39H57FN4O8S/c1-7-44(24(2)3)53(49,50)37(47)33-22-28-21-29(17-18-32(28)51-33)41-35(45)34-30(25-11-9-8-10-12-25)19-20-43(34)36(46)27-15-13-26(14-16-27)31(23-40)42-38(48)52-39(4,5)6/h17-18,21-22,24-27,30-31,34H,7-16,19-20,23H2,1-6H3,(H,41,45)(H,42,48)/t26-,27-,30-,31+,34-/m0/s1. The van der Waals surface area contributed by atoms with Crippen LogP contribution < -0.4 is 10.6 Å². The van der Waals surface area contributed by atoms with E-state index in [4.69, 9.17) is 9.15 Å². The number of ether oxygens (including phenoxy) is 1. The molecule has 2 N–H and O–H groups in total. The van der Waals surface area contributed by atoms with Crippen molar-refractivity contribution in [3.8, 4) is 0 Å². The predicted molar refractivity (Wildman–Crippen MR) is 200 cm³/mol. The second kappa shape index (κ2) is 16.9. The average Bonchev–Trinajstić information content (AvgIpc) is 3.75. The Labute approximate surface area is 313 Å². The lowest BCUT2D eigenvalue weighted by Crippen LogP contribution is -2.50. The van der Waals surface area contributed by atoms with E-state index in [0.29, 0.717) is 54.8 Å². The van der Waals surface area contributed by atoms with Crippen molar-refractivity contribution in [2.45, 2.75) is 129 Å². The zero-order chi connectivity index (χ0) is 38.7. The van der Waals surface area contributed by atoms with E-state index >= 15 is 0 Å². The summed E-state index contributed by atoms with van der Waals surface area (Å²) >= 11 is 0. The highest BCUT2D eigenvalue weighted by Crippen LogP contribution is 2.41. The second-order valence-corrected chi connectivity index (χ2v) is 18.1. The Hall–Kier alpha value is -3.52. The maximum atomic E-state index is 14.2. The van der Waals surface area contributed by atoms with Crippen LogP contribution in [0.4, 0.5) is 14.9 Å². The van der Waals surface area contributed by atoms with E-state index in [0.717, 1.165) is 36.4 Å². The molecule has 3 aliphatic rings. The summed E-state index contributed by atoms with van der Waals surface area (Å²) in [5, 5.41) is 5.04. The Bertz CT molecular complexity index is 1740. The quantitative estimate of drug-likeness (QED) is 0.247. The van der Waals surface area contributed by atoms with Crippen LogP contribution in [0.25, 0.3) is 11.0 Å². The molecule has 3 fully saturated rings. The number of alkyl carbamates (subject to hydrolysis) is 1. The van der Waals surface area contributed by atoms with Gasteiger partial charge in [0.25, 0.3) is 10.0 Å². The molecule has 2 heterocycles. The van der Waals surface area contributed by atoms with Gasteiger partial charge in [0.15, 0.2) is 5.76 Å². The van der Waals surface area contributed by atoms with Crippen LogP contribution in [0.3, 0.4) is 0 Å². The van der Waals surface area contributed by atoms with Gasteiger partial charge >= 0.3 is 11.2 Å². The third-order valence-corrected chi connectivity index (χ3v) is 13.2. The Morgan fingerprint density at radius 1 is 1.00 bits per heavy atom. The number of benzene rings is 1. The number of amides is 3. The van der Waals surface area contributed by atoms with Gasteiger partial charge in [-0.05, 0) is 109 Å². The summed E-state index contributed by atoms with van der Waals surface area (Å²) in [5.41, 5.74) is 0.0485. The van der Waals surface area contributed by atoms with Crippen LogP contribution in [0.2, 0.25) is 0 Å². The molecule has 2 aromatic rings. The Balaban J connectivity index is 1.30. The van der Waals surface area contributed by atoms with E-state index in [2.05, 4.69) is 10.6 Å². The van der Waals surface area contributed by atoms with Gasteiger partial charge < -0.3 is 24.7 Å². The summed E-state index contributed by atoms with van der Waals surface area (Å²) in [5.74, 6) is -0.731. The molecule has 14 heteroatoms. The first-order valence-corrected chi connectivity index (χ1v) is 20.7. The van der Waals surface area contributed by atoms with Crippen molar-refractivity contribution in [2.24, 2.45) is 23.7 Å². The first-order chi connectivity index (χ1) is 25.0. The second-order valence-electron chi connectivity index (χ2n) is 16.3. The number of sulfonamides is 1. The van der Waals surface area contributed by atoms with E-state index in [-0.39, 0.29) is 41.9 Å². The number of carbonyl (C=O) groups is 4. The van der Waals surface area contributed by atoms with Crippen LogP contribution in [0, 0.1) is 23.7 Å². The molecule has 0 spiro atoms. The van der Waals surface area contributed by atoms with Gasteiger partial charge in [-0.1, -0.05) is 39.0 Å². The lowest BCUT2D eigenvalue weighted by molar-refractivity contribution is -0.142. The summed E-state index contributed by atoms with van der Waals surface area (Å²) in [7, 11) is -4.30. The number of carbonyl (C=O) groups excluding carboxylic acids is 4. The highest BCUT2D eigenvalue weighted by molar-refractivity contribution is 8.04. The van der Waals surface area contributed by atoms with E-state index in [1.807, 2.05) is 0 Å². The van der Waals surface area contributed by atoms with Crippen molar-refractivity contribution in [3.63, 3.8) is 0 Å². The molecule has 1 aromatic heterocycles. The maximum absolute atomic E-state index is 14.2. The van der Waals surface area contributed by atoms with Gasteiger partial charge in [-0.2, -0.15) is 4.31 Å². The summed E-state index contributed by atoms with van der Waals surface area (Å²) in [6, 6.07) is 4.49. The minimum atomic E-state index is -4.30. The summed E-state index contributed by atoms with van der Waals surface area (Å²) in [4.78, 5) is 55.6. The van der Waals surface area contributed by atoms with Crippen LogP contribution in [-0.4, -0.2) is 84.1 Å². The zero-order valence-corrected chi connectivity index (χ0v) is 32.8. The van der Waals surface area contributed by atoms with Gasteiger partial charge in [-0.15, -0.1) is 0 Å². The zero-order valence-electron chi connectivity index (χ0n) is 32.0. The highest BCUT2D eigenvalue weighted by atomic mass is 32.2. The average molecular weight is 761 g/mol. The number of hydrogen-bond acceptors (Lipinski definition) is 8. The molecule has 12 nitrogen and oxygen atoms in total. The minimum absolute atomic E-state index is 0.0130. The highest BCUT2D eigenvalue weighted by Gasteiger charge is 2.47. The van der Waals surface area contributed by atoms with Crippen LogP contribution >= 0.6 is 0 Å². The van der Waals surface area contributed by atoms with Gasteiger partial charge in [0, 0.05) is 36.1 Å².